The summed E-state index contributed by atoms with van der Waals surface area (Å²) in [5.74, 6) is 0.583. The monoisotopic (exact) mass is 266 g/mol. The van der Waals surface area contributed by atoms with Gasteiger partial charge in [0.2, 0.25) is 5.91 Å². The fourth-order valence-electron chi connectivity index (χ4n) is 2.88. The number of amides is 1. The number of aliphatic hydroxyl groups excluding tert-OH is 1. The van der Waals surface area contributed by atoms with E-state index in [-0.39, 0.29) is 23.8 Å². The van der Waals surface area contributed by atoms with Crippen molar-refractivity contribution in [1.29, 1.82) is 0 Å². The van der Waals surface area contributed by atoms with Crippen LogP contribution in [0.25, 0.3) is 0 Å². The first kappa shape index (κ1) is 14.1. The normalized spacial score (nSPS) is 24.4. The number of rotatable bonds is 4. The molecule has 1 aromatic rings. The van der Waals surface area contributed by atoms with Crippen LogP contribution in [0.3, 0.4) is 0 Å². The van der Waals surface area contributed by atoms with Gasteiger partial charge in [-0.3, -0.25) is 4.79 Å². The standard InChI is InChI=1S/C14H22N2O3/c1-8(13-9(2)16-19-10(13)3)14(18)15-7-11-5-4-6-12(11)17/h8,11-12,17H,4-7H2,1-3H3,(H,15,18). The van der Waals surface area contributed by atoms with Gasteiger partial charge in [-0.25, -0.2) is 0 Å². The Hall–Kier alpha value is -1.36. The second kappa shape index (κ2) is 5.74. The molecule has 1 aliphatic carbocycles. The fraction of sp³-hybridized carbons (Fsp3) is 0.714. The number of nitrogens with one attached hydrogen (secondary N) is 1. The Morgan fingerprint density at radius 2 is 2.26 bits per heavy atom. The number of hydrogen-bond acceptors (Lipinski definition) is 4. The average Bonchev–Trinajstić information content (AvgIpc) is 2.92. The molecule has 1 aliphatic rings. The smallest absolute Gasteiger partial charge is 0.227 e. The van der Waals surface area contributed by atoms with Gasteiger partial charge in [-0.2, -0.15) is 0 Å². The molecule has 1 saturated carbocycles. The average molecular weight is 266 g/mol. The van der Waals surface area contributed by atoms with Crippen molar-refractivity contribution in [3.63, 3.8) is 0 Å². The molecule has 1 aromatic heterocycles. The highest BCUT2D eigenvalue weighted by Gasteiger charge is 2.27. The van der Waals surface area contributed by atoms with E-state index in [1.807, 2.05) is 20.8 Å². The summed E-state index contributed by atoms with van der Waals surface area (Å²) in [4.78, 5) is 12.1. The molecular weight excluding hydrogens is 244 g/mol. The van der Waals surface area contributed by atoms with E-state index in [0.717, 1.165) is 30.5 Å². The molecule has 5 nitrogen and oxygen atoms in total. The van der Waals surface area contributed by atoms with Gasteiger partial charge in [-0.15, -0.1) is 0 Å². The first-order chi connectivity index (χ1) is 9.00. The van der Waals surface area contributed by atoms with Crippen LogP contribution in [0.4, 0.5) is 0 Å². The number of carbonyl (C=O) groups excluding carboxylic acids is 1. The Bertz CT molecular complexity index is 436. The number of aromatic nitrogens is 1. The van der Waals surface area contributed by atoms with E-state index in [2.05, 4.69) is 10.5 Å². The van der Waals surface area contributed by atoms with Gasteiger partial charge in [0.05, 0.1) is 17.7 Å². The highest BCUT2D eigenvalue weighted by molar-refractivity contribution is 5.83. The Morgan fingerprint density at radius 1 is 1.53 bits per heavy atom. The second-order valence-corrected chi connectivity index (χ2v) is 5.46. The van der Waals surface area contributed by atoms with Crippen LogP contribution >= 0.6 is 0 Å². The lowest BCUT2D eigenvalue weighted by atomic mass is 9.98. The highest BCUT2D eigenvalue weighted by atomic mass is 16.5. The molecule has 0 spiro atoms. The molecule has 106 valence electrons. The summed E-state index contributed by atoms with van der Waals surface area (Å²) >= 11 is 0. The molecule has 2 N–H and O–H groups in total. The first-order valence-electron chi connectivity index (χ1n) is 6.89. The van der Waals surface area contributed by atoms with E-state index in [0.29, 0.717) is 12.3 Å². The summed E-state index contributed by atoms with van der Waals surface area (Å²) < 4.78 is 5.09. The minimum Gasteiger partial charge on any atom is -0.393 e. The third-order valence-corrected chi connectivity index (χ3v) is 4.07. The van der Waals surface area contributed by atoms with Gasteiger partial charge >= 0.3 is 0 Å². The van der Waals surface area contributed by atoms with Crippen molar-refractivity contribution in [2.24, 2.45) is 5.92 Å². The number of carbonyl (C=O) groups is 1. The SMILES string of the molecule is Cc1noc(C)c1C(C)C(=O)NCC1CCCC1O. The molecule has 0 bridgehead atoms. The number of hydrogen-bond donors (Lipinski definition) is 2. The van der Waals surface area contributed by atoms with Crippen LogP contribution in [-0.4, -0.2) is 28.8 Å². The summed E-state index contributed by atoms with van der Waals surface area (Å²) in [6.07, 6.45) is 2.61. The summed E-state index contributed by atoms with van der Waals surface area (Å²) in [5.41, 5.74) is 1.63. The van der Waals surface area contributed by atoms with Crippen molar-refractivity contribution in [3.8, 4) is 0 Å². The van der Waals surface area contributed by atoms with Crippen molar-refractivity contribution in [2.75, 3.05) is 6.54 Å². The lowest BCUT2D eigenvalue weighted by Gasteiger charge is -2.17. The number of nitrogens with zero attached hydrogens (tertiary/aromatic N) is 1. The zero-order valence-electron chi connectivity index (χ0n) is 11.8. The zero-order chi connectivity index (χ0) is 14.0. The van der Waals surface area contributed by atoms with Gasteiger partial charge in [0.1, 0.15) is 5.76 Å². The lowest BCUT2D eigenvalue weighted by Crippen LogP contribution is -2.35. The molecule has 3 unspecified atom stereocenters. The third kappa shape index (κ3) is 2.97. The van der Waals surface area contributed by atoms with E-state index in [9.17, 15) is 9.90 Å². The molecule has 1 amide bonds. The van der Waals surface area contributed by atoms with E-state index in [1.54, 1.807) is 0 Å². The third-order valence-electron chi connectivity index (χ3n) is 4.07. The van der Waals surface area contributed by atoms with Gasteiger partial charge in [-0.1, -0.05) is 11.6 Å². The Kier molecular flexibility index (Phi) is 4.24. The first-order valence-corrected chi connectivity index (χ1v) is 6.89. The molecule has 5 heteroatoms. The minimum absolute atomic E-state index is 0.0338. The van der Waals surface area contributed by atoms with Gasteiger partial charge < -0.3 is 14.9 Å². The van der Waals surface area contributed by atoms with Crippen molar-refractivity contribution in [2.45, 2.75) is 52.1 Å². The molecule has 0 saturated heterocycles. The molecule has 19 heavy (non-hydrogen) atoms. The molecule has 2 rings (SSSR count). The van der Waals surface area contributed by atoms with Crippen molar-refractivity contribution in [3.05, 3.63) is 17.0 Å². The largest absolute Gasteiger partial charge is 0.393 e. The van der Waals surface area contributed by atoms with Gasteiger partial charge in [-0.05, 0) is 33.6 Å². The van der Waals surface area contributed by atoms with E-state index >= 15 is 0 Å². The van der Waals surface area contributed by atoms with Crippen LogP contribution in [-0.2, 0) is 4.79 Å². The van der Waals surface area contributed by atoms with Gasteiger partial charge in [0.25, 0.3) is 0 Å². The van der Waals surface area contributed by atoms with Crippen LogP contribution in [0.5, 0.6) is 0 Å². The molecule has 0 aliphatic heterocycles. The predicted octanol–water partition coefficient (Wildman–Crippen LogP) is 1.67. The van der Waals surface area contributed by atoms with Crippen molar-refractivity contribution < 1.29 is 14.4 Å². The van der Waals surface area contributed by atoms with E-state index < -0.39 is 0 Å². The lowest BCUT2D eigenvalue weighted by molar-refractivity contribution is -0.122. The molecule has 0 aromatic carbocycles. The Balaban J connectivity index is 1.93. The minimum atomic E-state index is -0.273. The zero-order valence-corrected chi connectivity index (χ0v) is 11.8. The fourth-order valence-corrected chi connectivity index (χ4v) is 2.88. The van der Waals surface area contributed by atoms with Crippen LogP contribution in [0, 0.1) is 19.8 Å². The summed E-state index contributed by atoms with van der Waals surface area (Å²) in [6, 6.07) is 0. The second-order valence-electron chi connectivity index (χ2n) is 5.46. The molecule has 1 fully saturated rings. The van der Waals surface area contributed by atoms with Gasteiger partial charge in [0, 0.05) is 18.0 Å². The maximum Gasteiger partial charge on any atom is 0.227 e. The maximum absolute atomic E-state index is 12.1. The number of aryl methyl sites for hydroxylation is 2. The highest BCUT2D eigenvalue weighted by Crippen LogP contribution is 2.26. The van der Waals surface area contributed by atoms with Crippen molar-refractivity contribution >= 4 is 5.91 Å². The molecule has 1 heterocycles. The Morgan fingerprint density at radius 3 is 2.79 bits per heavy atom. The molecule has 3 atom stereocenters. The maximum atomic E-state index is 12.1. The topological polar surface area (TPSA) is 75.4 Å². The van der Waals surface area contributed by atoms with Gasteiger partial charge in [0.15, 0.2) is 0 Å². The van der Waals surface area contributed by atoms with E-state index in [1.165, 1.54) is 0 Å². The van der Waals surface area contributed by atoms with Crippen LogP contribution < -0.4 is 5.32 Å². The van der Waals surface area contributed by atoms with Crippen LogP contribution in [0.15, 0.2) is 4.52 Å². The Labute approximate surface area is 113 Å². The predicted molar refractivity (Wildman–Crippen MR) is 70.7 cm³/mol. The van der Waals surface area contributed by atoms with Crippen LogP contribution in [0.1, 0.15) is 49.1 Å². The van der Waals surface area contributed by atoms with Crippen LogP contribution in [0.2, 0.25) is 0 Å². The summed E-state index contributed by atoms with van der Waals surface area (Å²) in [5, 5.41) is 16.5. The summed E-state index contributed by atoms with van der Waals surface area (Å²) in [7, 11) is 0. The summed E-state index contributed by atoms with van der Waals surface area (Å²) in [6.45, 7) is 6.07. The van der Waals surface area contributed by atoms with Crippen molar-refractivity contribution in [1.82, 2.24) is 10.5 Å². The quantitative estimate of drug-likeness (QED) is 0.869. The van der Waals surface area contributed by atoms with E-state index in [4.69, 9.17) is 4.52 Å². The molecular formula is C14H22N2O3. The molecule has 0 radical (unpaired) electrons. The number of aliphatic hydroxyl groups is 1.